The number of para-hydroxylation sites is 1. The van der Waals surface area contributed by atoms with Crippen molar-refractivity contribution < 1.29 is 9.13 Å². The molecule has 0 unspecified atom stereocenters. The largest absolute Gasteiger partial charge is 0.488 e. The molecule has 0 fully saturated rings. The third-order valence-electron chi connectivity index (χ3n) is 3.38. The summed E-state index contributed by atoms with van der Waals surface area (Å²) in [5.74, 6) is 0.674. The van der Waals surface area contributed by atoms with Gasteiger partial charge in [0.2, 0.25) is 0 Å². The molecule has 0 spiro atoms. The van der Waals surface area contributed by atoms with Gasteiger partial charge in [-0.05, 0) is 61.2 Å². The van der Waals surface area contributed by atoms with Gasteiger partial charge in [0.15, 0.2) is 0 Å². The highest BCUT2D eigenvalue weighted by Crippen LogP contribution is 2.25. The van der Waals surface area contributed by atoms with Gasteiger partial charge in [0, 0.05) is 0 Å². The summed E-state index contributed by atoms with van der Waals surface area (Å²) in [7, 11) is 0. The van der Waals surface area contributed by atoms with Crippen molar-refractivity contribution >= 4 is 0 Å². The van der Waals surface area contributed by atoms with Gasteiger partial charge >= 0.3 is 0 Å². The van der Waals surface area contributed by atoms with E-state index in [0.717, 1.165) is 34.4 Å². The quantitative estimate of drug-likeness (QED) is 0.904. The maximum Gasteiger partial charge on any atom is 0.125 e. The second-order valence-electron chi connectivity index (χ2n) is 4.96. The molecule has 0 atom stereocenters. The summed E-state index contributed by atoms with van der Waals surface area (Å²) in [6.45, 7) is 4.94. The summed E-state index contributed by atoms with van der Waals surface area (Å²) in [6.07, 6.45) is 0.791. The van der Waals surface area contributed by atoms with E-state index in [9.17, 15) is 4.39 Å². The van der Waals surface area contributed by atoms with E-state index in [1.54, 1.807) is 6.07 Å². The van der Waals surface area contributed by atoms with Crippen LogP contribution in [0.5, 0.6) is 5.75 Å². The average molecular weight is 273 g/mol. The first-order valence-corrected chi connectivity index (χ1v) is 6.78. The second kappa shape index (κ2) is 6.53. The molecule has 0 aliphatic heterocycles. The molecule has 0 bridgehead atoms. The van der Waals surface area contributed by atoms with Crippen molar-refractivity contribution in [2.45, 2.75) is 26.9 Å². The van der Waals surface area contributed by atoms with Gasteiger partial charge in [-0.25, -0.2) is 4.39 Å². The Hall–Kier alpha value is -1.87. The fourth-order valence-corrected chi connectivity index (χ4v) is 2.24. The van der Waals surface area contributed by atoms with Crippen molar-refractivity contribution in [3.8, 4) is 5.75 Å². The zero-order chi connectivity index (χ0) is 14.5. The van der Waals surface area contributed by atoms with Gasteiger partial charge in [0.1, 0.15) is 18.2 Å². The Kier molecular flexibility index (Phi) is 4.74. The van der Waals surface area contributed by atoms with E-state index in [1.807, 2.05) is 32.0 Å². The highest BCUT2D eigenvalue weighted by molar-refractivity contribution is 5.41. The summed E-state index contributed by atoms with van der Waals surface area (Å²) in [4.78, 5) is 0. The van der Waals surface area contributed by atoms with Crippen LogP contribution in [0.3, 0.4) is 0 Å². The molecule has 2 N–H and O–H groups in total. The van der Waals surface area contributed by atoms with E-state index in [0.29, 0.717) is 13.2 Å². The first kappa shape index (κ1) is 14.5. The van der Waals surface area contributed by atoms with Crippen LogP contribution in [0.4, 0.5) is 4.39 Å². The molecule has 2 rings (SSSR count). The van der Waals surface area contributed by atoms with E-state index in [2.05, 4.69) is 0 Å². The van der Waals surface area contributed by atoms with E-state index >= 15 is 0 Å². The summed E-state index contributed by atoms with van der Waals surface area (Å²) in [5.41, 5.74) is 9.74. The Balaban J connectivity index is 2.18. The van der Waals surface area contributed by atoms with Gasteiger partial charge in [-0.2, -0.15) is 0 Å². The SMILES string of the molecule is Cc1cc(F)ccc1COc1c(C)cccc1CCN. The number of nitrogens with two attached hydrogens (primary N) is 1. The molecule has 2 aromatic rings. The molecule has 2 aromatic carbocycles. The Labute approximate surface area is 119 Å². The monoisotopic (exact) mass is 273 g/mol. The van der Waals surface area contributed by atoms with Gasteiger partial charge in [-0.1, -0.05) is 24.3 Å². The van der Waals surface area contributed by atoms with E-state index in [1.165, 1.54) is 12.1 Å². The number of hydrogen-bond acceptors (Lipinski definition) is 2. The Morgan fingerprint density at radius 3 is 2.55 bits per heavy atom. The second-order valence-corrected chi connectivity index (χ2v) is 4.96. The highest BCUT2D eigenvalue weighted by atomic mass is 19.1. The van der Waals surface area contributed by atoms with Crippen molar-refractivity contribution in [1.29, 1.82) is 0 Å². The van der Waals surface area contributed by atoms with Gasteiger partial charge in [-0.15, -0.1) is 0 Å². The van der Waals surface area contributed by atoms with Crippen molar-refractivity contribution in [3.63, 3.8) is 0 Å². The normalized spacial score (nSPS) is 10.6. The maximum absolute atomic E-state index is 13.1. The number of halogens is 1. The smallest absolute Gasteiger partial charge is 0.125 e. The van der Waals surface area contributed by atoms with Crippen LogP contribution in [0, 0.1) is 19.7 Å². The first-order valence-electron chi connectivity index (χ1n) is 6.78. The van der Waals surface area contributed by atoms with E-state index in [-0.39, 0.29) is 5.82 Å². The molecule has 0 aliphatic rings. The van der Waals surface area contributed by atoms with Crippen LogP contribution in [0.15, 0.2) is 36.4 Å². The number of aryl methyl sites for hydroxylation is 2. The zero-order valence-electron chi connectivity index (χ0n) is 11.9. The first-order chi connectivity index (χ1) is 9.61. The van der Waals surface area contributed by atoms with E-state index < -0.39 is 0 Å². The molecule has 3 heteroatoms. The number of benzene rings is 2. The van der Waals surface area contributed by atoms with Crippen molar-refractivity contribution in [2.24, 2.45) is 5.73 Å². The zero-order valence-corrected chi connectivity index (χ0v) is 11.9. The molecular weight excluding hydrogens is 253 g/mol. The summed E-state index contributed by atoms with van der Waals surface area (Å²) < 4.78 is 19.0. The Bertz CT molecular complexity index is 596. The van der Waals surface area contributed by atoms with Crippen molar-refractivity contribution in [1.82, 2.24) is 0 Å². The maximum atomic E-state index is 13.1. The third kappa shape index (κ3) is 3.36. The van der Waals surface area contributed by atoms with Gasteiger partial charge in [0.25, 0.3) is 0 Å². The Morgan fingerprint density at radius 1 is 1.05 bits per heavy atom. The van der Waals surface area contributed by atoms with Crippen LogP contribution in [0.2, 0.25) is 0 Å². The molecular formula is C17H20FNO. The summed E-state index contributed by atoms with van der Waals surface area (Å²) in [6, 6.07) is 10.8. The average Bonchev–Trinajstić information content (AvgIpc) is 2.40. The Morgan fingerprint density at radius 2 is 1.85 bits per heavy atom. The minimum Gasteiger partial charge on any atom is -0.488 e. The van der Waals surface area contributed by atoms with Crippen molar-refractivity contribution in [2.75, 3.05) is 6.54 Å². The van der Waals surface area contributed by atoms with Crippen LogP contribution in [-0.2, 0) is 13.0 Å². The number of rotatable bonds is 5. The fraction of sp³-hybridized carbons (Fsp3) is 0.294. The van der Waals surface area contributed by atoms with Crippen molar-refractivity contribution in [3.05, 3.63) is 64.5 Å². The molecule has 0 amide bonds. The minimum atomic E-state index is -0.217. The van der Waals surface area contributed by atoms with Crippen LogP contribution in [-0.4, -0.2) is 6.54 Å². The lowest BCUT2D eigenvalue weighted by Gasteiger charge is -2.15. The molecule has 0 saturated carbocycles. The summed E-state index contributed by atoms with van der Waals surface area (Å²) >= 11 is 0. The van der Waals surface area contributed by atoms with Gasteiger partial charge in [-0.3, -0.25) is 0 Å². The van der Waals surface area contributed by atoms with Crippen LogP contribution < -0.4 is 10.5 Å². The standard InChI is InChI=1S/C17H20FNO/c1-12-4-3-5-14(8-9-19)17(12)20-11-15-6-7-16(18)10-13(15)2/h3-7,10H,8-9,11,19H2,1-2H3. The lowest BCUT2D eigenvalue weighted by atomic mass is 10.1. The minimum absolute atomic E-state index is 0.217. The lowest BCUT2D eigenvalue weighted by molar-refractivity contribution is 0.300. The molecule has 0 radical (unpaired) electrons. The fourth-order valence-electron chi connectivity index (χ4n) is 2.24. The number of hydrogen-bond donors (Lipinski definition) is 1. The topological polar surface area (TPSA) is 35.2 Å². The predicted octanol–water partition coefficient (Wildman–Crippen LogP) is 3.52. The molecule has 0 aromatic heterocycles. The lowest BCUT2D eigenvalue weighted by Crippen LogP contribution is -2.07. The third-order valence-corrected chi connectivity index (χ3v) is 3.38. The van der Waals surface area contributed by atoms with E-state index in [4.69, 9.17) is 10.5 Å². The number of ether oxygens (including phenoxy) is 1. The van der Waals surface area contributed by atoms with Crippen LogP contribution in [0.25, 0.3) is 0 Å². The molecule has 106 valence electrons. The van der Waals surface area contributed by atoms with Crippen LogP contribution >= 0.6 is 0 Å². The highest BCUT2D eigenvalue weighted by Gasteiger charge is 2.08. The molecule has 0 aliphatic carbocycles. The molecule has 20 heavy (non-hydrogen) atoms. The summed E-state index contributed by atoms with van der Waals surface area (Å²) in [5, 5.41) is 0. The van der Waals surface area contributed by atoms with Crippen LogP contribution in [0.1, 0.15) is 22.3 Å². The van der Waals surface area contributed by atoms with Gasteiger partial charge in [0.05, 0.1) is 0 Å². The molecule has 0 heterocycles. The predicted molar refractivity (Wildman–Crippen MR) is 79.4 cm³/mol. The molecule has 0 saturated heterocycles. The molecule has 2 nitrogen and oxygen atoms in total. The van der Waals surface area contributed by atoms with Gasteiger partial charge < -0.3 is 10.5 Å².